The lowest BCUT2D eigenvalue weighted by molar-refractivity contribution is -0.146. The number of carbonyl (C=O) groups is 3. The molecule has 2 rings (SSSR count). The molecule has 2 aromatic carbocycles. The highest BCUT2D eigenvalue weighted by molar-refractivity contribution is 6.42. The molecule has 2 N–H and O–H groups in total. The second-order valence-corrected chi connectivity index (χ2v) is 5.70. The molecule has 0 aliphatic rings. The Hall–Kier alpha value is -2.57. The van der Waals surface area contributed by atoms with Gasteiger partial charge < -0.3 is 15.4 Å². The first kappa shape index (κ1) is 18.8. The van der Waals surface area contributed by atoms with E-state index in [-0.39, 0.29) is 6.54 Å². The predicted octanol–water partition coefficient (Wildman–Crippen LogP) is 2.91. The molecule has 0 fully saturated rings. The summed E-state index contributed by atoms with van der Waals surface area (Å²) in [6.07, 6.45) is 0. The predicted molar refractivity (Wildman–Crippen MR) is 94.8 cm³/mol. The first-order chi connectivity index (χ1) is 12.0. The highest BCUT2D eigenvalue weighted by atomic mass is 35.5. The van der Waals surface area contributed by atoms with Gasteiger partial charge in [0, 0.05) is 11.3 Å². The smallest absolute Gasteiger partial charge is 0.325 e. The van der Waals surface area contributed by atoms with Crippen LogP contribution in [0.15, 0.2) is 48.5 Å². The Morgan fingerprint density at radius 2 is 1.68 bits per heavy atom. The van der Waals surface area contributed by atoms with Gasteiger partial charge in [0.25, 0.3) is 11.8 Å². The SMILES string of the molecule is O=C(COC(=O)CNC(=O)c1ccccc1)Nc1ccc(Cl)c(Cl)c1. The summed E-state index contributed by atoms with van der Waals surface area (Å²) in [7, 11) is 0. The number of nitrogens with one attached hydrogen (secondary N) is 2. The van der Waals surface area contributed by atoms with Crippen molar-refractivity contribution in [2.24, 2.45) is 0 Å². The Morgan fingerprint density at radius 3 is 2.36 bits per heavy atom. The first-order valence-corrected chi connectivity index (χ1v) is 7.95. The number of esters is 1. The minimum absolute atomic E-state index is 0.292. The van der Waals surface area contributed by atoms with E-state index in [9.17, 15) is 14.4 Å². The number of hydrogen-bond acceptors (Lipinski definition) is 4. The molecule has 0 aliphatic heterocycles. The number of anilines is 1. The number of amides is 2. The lowest BCUT2D eigenvalue weighted by Gasteiger charge is -2.08. The Labute approximate surface area is 154 Å². The third-order valence-corrected chi connectivity index (χ3v) is 3.74. The Kier molecular flexibility index (Phi) is 6.80. The summed E-state index contributed by atoms with van der Waals surface area (Å²) >= 11 is 11.6. The maximum Gasteiger partial charge on any atom is 0.325 e. The third-order valence-electron chi connectivity index (χ3n) is 3.00. The van der Waals surface area contributed by atoms with Gasteiger partial charge in [0.1, 0.15) is 6.54 Å². The van der Waals surface area contributed by atoms with E-state index in [1.807, 2.05) is 0 Å². The number of carbonyl (C=O) groups excluding carboxylic acids is 3. The largest absolute Gasteiger partial charge is 0.454 e. The van der Waals surface area contributed by atoms with Gasteiger partial charge in [-0.15, -0.1) is 0 Å². The molecule has 0 unspecified atom stereocenters. The van der Waals surface area contributed by atoms with Crippen LogP contribution in [0.25, 0.3) is 0 Å². The number of rotatable bonds is 6. The van der Waals surface area contributed by atoms with Crippen molar-refractivity contribution in [1.82, 2.24) is 5.32 Å². The van der Waals surface area contributed by atoms with Crippen molar-refractivity contribution in [2.75, 3.05) is 18.5 Å². The average Bonchev–Trinajstić information content (AvgIpc) is 2.61. The van der Waals surface area contributed by atoms with E-state index in [2.05, 4.69) is 10.6 Å². The summed E-state index contributed by atoms with van der Waals surface area (Å²) in [5, 5.41) is 5.57. The number of halogens is 2. The fourth-order valence-electron chi connectivity index (χ4n) is 1.81. The molecule has 25 heavy (non-hydrogen) atoms. The van der Waals surface area contributed by atoms with Crippen LogP contribution < -0.4 is 10.6 Å². The molecule has 0 saturated heterocycles. The van der Waals surface area contributed by atoms with Crippen LogP contribution in [0.5, 0.6) is 0 Å². The van der Waals surface area contributed by atoms with Crippen LogP contribution in [0.2, 0.25) is 10.0 Å². The summed E-state index contributed by atoms with van der Waals surface area (Å²) < 4.78 is 4.79. The minimum Gasteiger partial charge on any atom is -0.454 e. The van der Waals surface area contributed by atoms with Gasteiger partial charge in [-0.3, -0.25) is 14.4 Å². The molecule has 0 saturated carbocycles. The molecule has 2 amide bonds. The molecule has 0 atom stereocenters. The van der Waals surface area contributed by atoms with Crippen molar-refractivity contribution in [1.29, 1.82) is 0 Å². The van der Waals surface area contributed by atoms with Crippen LogP contribution in [0, 0.1) is 0 Å². The Balaban J connectivity index is 1.73. The van der Waals surface area contributed by atoms with E-state index in [0.29, 0.717) is 21.3 Å². The third kappa shape index (κ3) is 6.10. The lowest BCUT2D eigenvalue weighted by Crippen LogP contribution is -2.32. The number of benzene rings is 2. The molecule has 0 aromatic heterocycles. The normalized spacial score (nSPS) is 10.0. The summed E-state index contributed by atoms with van der Waals surface area (Å²) in [6, 6.07) is 13.0. The zero-order valence-corrected chi connectivity index (χ0v) is 14.4. The van der Waals surface area contributed by atoms with Crippen molar-refractivity contribution in [3.63, 3.8) is 0 Å². The molecular formula is C17H14Cl2N2O4. The molecule has 8 heteroatoms. The van der Waals surface area contributed by atoms with Gasteiger partial charge in [0.2, 0.25) is 0 Å². The van der Waals surface area contributed by atoms with E-state index in [0.717, 1.165) is 0 Å². The van der Waals surface area contributed by atoms with E-state index in [4.69, 9.17) is 27.9 Å². The van der Waals surface area contributed by atoms with Gasteiger partial charge >= 0.3 is 5.97 Å². The monoisotopic (exact) mass is 380 g/mol. The van der Waals surface area contributed by atoms with Crippen molar-refractivity contribution in [3.8, 4) is 0 Å². The lowest BCUT2D eigenvalue weighted by atomic mass is 10.2. The summed E-state index contributed by atoms with van der Waals surface area (Å²) in [6.45, 7) is -0.825. The average molecular weight is 381 g/mol. The second kappa shape index (κ2) is 9.05. The maximum absolute atomic E-state index is 11.8. The fraction of sp³-hybridized carbons (Fsp3) is 0.118. The van der Waals surface area contributed by atoms with Crippen LogP contribution in [0.4, 0.5) is 5.69 Å². The Morgan fingerprint density at radius 1 is 0.960 bits per heavy atom. The van der Waals surface area contributed by atoms with E-state index < -0.39 is 24.4 Å². The van der Waals surface area contributed by atoms with Gasteiger partial charge in [0.05, 0.1) is 10.0 Å². The molecule has 6 nitrogen and oxygen atoms in total. The minimum atomic E-state index is -0.728. The van der Waals surface area contributed by atoms with Crippen LogP contribution in [-0.2, 0) is 14.3 Å². The summed E-state index contributed by atoms with van der Waals surface area (Å²) in [4.78, 5) is 35.1. The van der Waals surface area contributed by atoms with Gasteiger partial charge in [0.15, 0.2) is 6.61 Å². The van der Waals surface area contributed by atoms with Gasteiger partial charge in [-0.25, -0.2) is 0 Å². The van der Waals surface area contributed by atoms with Crippen LogP contribution in [-0.4, -0.2) is 30.9 Å². The number of ether oxygens (including phenoxy) is 1. The highest BCUT2D eigenvalue weighted by Gasteiger charge is 2.11. The zero-order valence-electron chi connectivity index (χ0n) is 12.9. The highest BCUT2D eigenvalue weighted by Crippen LogP contribution is 2.24. The fourth-order valence-corrected chi connectivity index (χ4v) is 2.11. The van der Waals surface area contributed by atoms with Gasteiger partial charge in [-0.1, -0.05) is 41.4 Å². The molecule has 0 spiro atoms. The molecule has 2 aromatic rings. The molecule has 0 bridgehead atoms. The molecule has 130 valence electrons. The van der Waals surface area contributed by atoms with Crippen LogP contribution in [0.1, 0.15) is 10.4 Å². The van der Waals surface area contributed by atoms with E-state index in [1.54, 1.807) is 36.4 Å². The quantitative estimate of drug-likeness (QED) is 0.754. The zero-order chi connectivity index (χ0) is 18.2. The van der Waals surface area contributed by atoms with E-state index in [1.165, 1.54) is 12.1 Å². The molecular weight excluding hydrogens is 367 g/mol. The molecule has 0 heterocycles. The van der Waals surface area contributed by atoms with Crippen molar-refractivity contribution in [2.45, 2.75) is 0 Å². The topological polar surface area (TPSA) is 84.5 Å². The summed E-state index contributed by atoms with van der Waals surface area (Å²) in [5.41, 5.74) is 0.848. The van der Waals surface area contributed by atoms with Gasteiger partial charge in [-0.2, -0.15) is 0 Å². The molecule has 0 radical (unpaired) electrons. The van der Waals surface area contributed by atoms with Crippen LogP contribution >= 0.6 is 23.2 Å². The first-order valence-electron chi connectivity index (χ1n) is 7.19. The van der Waals surface area contributed by atoms with Crippen molar-refractivity contribution in [3.05, 3.63) is 64.1 Å². The van der Waals surface area contributed by atoms with Crippen molar-refractivity contribution < 1.29 is 19.1 Å². The van der Waals surface area contributed by atoms with Crippen LogP contribution in [0.3, 0.4) is 0 Å². The van der Waals surface area contributed by atoms with Gasteiger partial charge in [-0.05, 0) is 30.3 Å². The van der Waals surface area contributed by atoms with E-state index >= 15 is 0 Å². The maximum atomic E-state index is 11.8. The summed E-state index contributed by atoms with van der Waals surface area (Å²) in [5.74, 6) is -1.67. The molecule has 0 aliphatic carbocycles. The standard InChI is InChI=1S/C17H14Cl2N2O4/c18-13-7-6-12(8-14(13)19)21-15(22)10-25-16(23)9-20-17(24)11-4-2-1-3-5-11/h1-8H,9-10H2,(H,20,24)(H,21,22). The number of hydrogen-bond donors (Lipinski definition) is 2. The van der Waals surface area contributed by atoms with Crippen molar-refractivity contribution >= 4 is 46.7 Å². The second-order valence-electron chi connectivity index (χ2n) is 4.89. The Bertz CT molecular complexity index is 781.